The van der Waals surface area contributed by atoms with Gasteiger partial charge in [0, 0.05) is 43.4 Å². The third kappa shape index (κ3) is 5.99. The lowest BCUT2D eigenvalue weighted by molar-refractivity contribution is 0.122. The number of aromatic hydroxyl groups is 1. The van der Waals surface area contributed by atoms with E-state index in [0.717, 1.165) is 11.1 Å². The minimum Gasteiger partial charge on any atom is -0.507 e. The van der Waals surface area contributed by atoms with Crippen molar-refractivity contribution >= 4 is 35.4 Å². The number of hydrogen-bond acceptors (Lipinski definition) is 8. The first kappa shape index (κ1) is 27.1. The van der Waals surface area contributed by atoms with E-state index in [-0.39, 0.29) is 33.4 Å². The van der Waals surface area contributed by atoms with Gasteiger partial charge in [-0.05, 0) is 23.3 Å². The number of anilines is 1. The molecule has 2 unspecified atom stereocenters. The lowest BCUT2D eigenvalue weighted by Crippen LogP contribution is -2.36. The third-order valence-electron chi connectivity index (χ3n) is 7.00. The Morgan fingerprint density at radius 2 is 1.61 bits per heavy atom. The summed E-state index contributed by atoms with van der Waals surface area (Å²) in [5.74, 6) is -0.190. The fourth-order valence-electron chi connectivity index (χ4n) is 5.01. The van der Waals surface area contributed by atoms with Gasteiger partial charge in [-0.3, -0.25) is 14.2 Å². The lowest BCUT2D eigenvalue weighted by atomic mass is 10.0. The summed E-state index contributed by atoms with van der Waals surface area (Å²) in [7, 11) is -4.62. The molecule has 1 aliphatic heterocycles. The highest BCUT2D eigenvalue weighted by Crippen LogP contribution is 2.49. The summed E-state index contributed by atoms with van der Waals surface area (Å²) >= 11 is 0. The molecular formula is C31H28NO8P. The van der Waals surface area contributed by atoms with Gasteiger partial charge in [0.2, 0.25) is 5.43 Å². The predicted molar refractivity (Wildman–Crippen MR) is 156 cm³/mol. The Morgan fingerprint density at radius 3 is 2.34 bits per heavy atom. The van der Waals surface area contributed by atoms with Crippen LogP contribution in [0.25, 0.3) is 21.9 Å². The van der Waals surface area contributed by atoms with Gasteiger partial charge in [0.1, 0.15) is 28.1 Å². The molecular weight excluding hydrogens is 545 g/mol. The summed E-state index contributed by atoms with van der Waals surface area (Å²) in [6.45, 7) is 2.39. The van der Waals surface area contributed by atoms with Crippen LogP contribution in [0.15, 0.2) is 100 Å². The van der Waals surface area contributed by atoms with Crippen molar-refractivity contribution in [1.29, 1.82) is 0 Å². The van der Waals surface area contributed by atoms with Gasteiger partial charge >= 0.3 is 7.82 Å². The number of phenols is 1. The van der Waals surface area contributed by atoms with Crippen molar-refractivity contribution in [1.82, 2.24) is 0 Å². The van der Waals surface area contributed by atoms with Crippen molar-refractivity contribution in [3.05, 3.63) is 112 Å². The molecule has 1 fully saturated rings. The van der Waals surface area contributed by atoms with E-state index in [1.165, 1.54) is 18.2 Å². The largest absolute Gasteiger partial charge is 0.528 e. The Kier molecular flexibility index (Phi) is 7.51. The van der Waals surface area contributed by atoms with Crippen LogP contribution in [0.2, 0.25) is 0 Å². The van der Waals surface area contributed by atoms with Gasteiger partial charge < -0.3 is 23.7 Å². The molecule has 210 valence electrons. The zero-order valence-electron chi connectivity index (χ0n) is 22.0. The maximum atomic E-state index is 13.2. The fourth-order valence-corrected chi connectivity index (χ4v) is 5.95. The second kappa shape index (κ2) is 11.4. The van der Waals surface area contributed by atoms with E-state index in [1.807, 2.05) is 65.6 Å². The Balaban J connectivity index is 1.30. The lowest BCUT2D eigenvalue weighted by Gasteiger charge is -2.29. The summed E-state index contributed by atoms with van der Waals surface area (Å²) < 4.78 is 35.8. The molecule has 0 amide bonds. The molecule has 9 nitrogen and oxygen atoms in total. The number of benzene rings is 4. The molecule has 0 bridgehead atoms. The highest BCUT2D eigenvalue weighted by atomic mass is 31.2. The number of nitrogens with zero attached hydrogens (tertiary/aromatic N) is 1. The molecule has 0 saturated carbocycles. The molecule has 5 aromatic rings. The molecule has 10 heteroatoms. The fraction of sp³-hybridized carbons (Fsp3) is 0.194. The van der Waals surface area contributed by atoms with Crippen molar-refractivity contribution in [2.45, 2.75) is 12.5 Å². The van der Waals surface area contributed by atoms with E-state index < -0.39 is 19.4 Å². The number of phosphoric acid groups is 1. The zero-order valence-corrected chi connectivity index (χ0v) is 22.9. The molecule has 1 aromatic heterocycles. The topological polar surface area (TPSA) is 119 Å². The average molecular weight is 574 g/mol. The number of rotatable bonds is 8. The molecule has 2 N–H and O–H groups in total. The average Bonchev–Trinajstić information content (AvgIpc) is 2.97. The highest BCUT2D eigenvalue weighted by molar-refractivity contribution is 7.47. The van der Waals surface area contributed by atoms with E-state index in [2.05, 4.69) is 0 Å². The van der Waals surface area contributed by atoms with Gasteiger partial charge in [-0.15, -0.1) is 0 Å². The van der Waals surface area contributed by atoms with Gasteiger partial charge in [0.25, 0.3) is 0 Å². The first-order chi connectivity index (χ1) is 19.9. The summed E-state index contributed by atoms with van der Waals surface area (Å²) in [5.41, 5.74) is 2.27. The SMILES string of the molecule is O=c1c2ccc(OP(=O)(O)OC(Cc3ccccc3)c3ccccc3)cc2oc2cc(N3CCOCC3)cc(O)c12. The van der Waals surface area contributed by atoms with Crippen molar-refractivity contribution in [3.8, 4) is 11.5 Å². The maximum Gasteiger partial charge on any atom is 0.528 e. The van der Waals surface area contributed by atoms with E-state index in [9.17, 15) is 19.4 Å². The first-order valence-corrected chi connectivity index (χ1v) is 14.7. The summed E-state index contributed by atoms with van der Waals surface area (Å²) in [6, 6.07) is 26.1. The molecule has 0 radical (unpaired) electrons. The molecule has 2 heterocycles. The number of phenolic OH excluding ortho intramolecular Hbond substituents is 1. The first-order valence-electron chi connectivity index (χ1n) is 13.2. The van der Waals surface area contributed by atoms with E-state index >= 15 is 0 Å². The Hall–Kier alpha value is -4.14. The van der Waals surface area contributed by atoms with Crippen molar-refractivity contribution < 1.29 is 32.8 Å². The molecule has 41 heavy (non-hydrogen) atoms. The Bertz CT molecular complexity index is 1790. The molecule has 1 aliphatic rings. The van der Waals surface area contributed by atoms with Crippen LogP contribution in [0.5, 0.6) is 11.5 Å². The molecule has 1 saturated heterocycles. The summed E-state index contributed by atoms with van der Waals surface area (Å²) in [6.07, 6.45) is -0.398. The van der Waals surface area contributed by atoms with Crippen LogP contribution in [-0.2, 0) is 20.2 Å². The molecule has 4 aromatic carbocycles. The third-order valence-corrected chi connectivity index (χ3v) is 7.97. The monoisotopic (exact) mass is 573 g/mol. The molecule has 0 aliphatic carbocycles. The number of ether oxygens (including phenoxy) is 1. The number of phosphoric ester groups is 1. The Labute approximate surface area is 235 Å². The maximum absolute atomic E-state index is 13.2. The second-order valence-corrected chi connectivity index (χ2v) is 11.1. The van der Waals surface area contributed by atoms with Gasteiger partial charge in [-0.1, -0.05) is 60.7 Å². The molecule has 6 rings (SSSR count). The van der Waals surface area contributed by atoms with Crippen molar-refractivity contribution in [3.63, 3.8) is 0 Å². The standard InChI is InChI=1S/C31H28NO8P/c33-26-18-23(32-13-15-37-16-14-32)19-29-30(26)31(34)25-12-11-24(20-28(25)38-29)39-41(35,36)40-27(22-9-5-2-6-10-22)17-21-7-3-1-4-8-21/h1-12,18-20,27,33H,13-17H2,(H,35,36). The number of morpholine rings is 1. The summed E-state index contributed by atoms with van der Waals surface area (Å²) in [5, 5.41) is 10.9. The van der Waals surface area contributed by atoms with Crippen LogP contribution >= 0.6 is 7.82 Å². The molecule has 0 spiro atoms. The van der Waals surface area contributed by atoms with Crippen LogP contribution in [-0.4, -0.2) is 36.3 Å². The van der Waals surface area contributed by atoms with Gasteiger partial charge in [0.15, 0.2) is 0 Å². The minimum absolute atomic E-state index is 0.00841. The quantitative estimate of drug-likeness (QED) is 0.171. The van der Waals surface area contributed by atoms with Gasteiger partial charge in [-0.2, -0.15) is 0 Å². The molecule has 2 atom stereocenters. The van der Waals surface area contributed by atoms with Crippen LogP contribution in [0.3, 0.4) is 0 Å². The van der Waals surface area contributed by atoms with Gasteiger partial charge in [-0.25, -0.2) is 4.57 Å². The van der Waals surface area contributed by atoms with Crippen molar-refractivity contribution in [2.75, 3.05) is 31.2 Å². The van der Waals surface area contributed by atoms with E-state index in [0.29, 0.717) is 38.4 Å². The number of hydrogen-bond donors (Lipinski definition) is 2. The van der Waals surface area contributed by atoms with Crippen molar-refractivity contribution in [2.24, 2.45) is 0 Å². The number of fused-ring (bicyclic) bond motifs is 2. The minimum atomic E-state index is -4.62. The summed E-state index contributed by atoms with van der Waals surface area (Å²) in [4.78, 5) is 26.0. The van der Waals surface area contributed by atoms with Gasteiger partial charge in [0.05, 0.1) is 24.7 Å². The van der Waals surface area contributed by atoms with Crippen LogP contribution < -0.4 is 14.9 Å². The normalized spacial score (nSPS) is 16.0. The predicted octanol–water partition coefficient (Wildman–Crippen LogP) is 5.97. The van der Waals surface area contributed by atoms with E-state index in [4.69, 9.17) is 18.2 Å². The Morgan fingerprint density at radius 1 is 0.902 bits per heavy atom. The van der Waals surface area contributed by atoms with Crippen LogP contribution in [0, 0.1) is 0 Å². The van der Waals surface area contributed by atoms with Crippen LogP contribution in [0.1, 0.15) is 17.2 Å². The van der Waals surface area contributed by atoms with E-state index in [1.54, 1.807) is 12.1 Å². The zero-order chi connectivity index (χ0) is 28.4. The smallest absolute Gasteiger partial charge is 0.507 e. The van der Waals surface area contributed by atoms with Crippen LogP contribution in [0.4, 0.5) is 5.69 Å². The highest BCUT2D eigenvalue weighted by Gasteiger charge is 2.30. The second-order valence-electron chi connectivity index (χ2n) is 9.78.